The van der Waals surface area contributed by atoms with Gasteiger partial charge in [0.05, 0.1) is 5.56 Å². The maximum absolute atomic E-state index is 12.1. The number of aromatic carboxylic acids is 1. The van der Waals surface area contributed by atoms with Crippen molar-refractivity contribution in [2.75, 3.05) is 5.32 Å². The van der Waals surface area contributed by atoms with Crippen LogP contribution in [0.1, 0.15) is 41.6 Å². The van der Waals surface area contributed by atoms with Gasteiger partial charge in [0.1, 0.15) is 0 Å². The van der Waals surface area contributed by atoms with Crippen LogP contribution in [0, 0.1) is 12.8 Å². The van der Waals surface area contributed by atoms with Crippen molar-refractivity contribution in [2.45, 2.75) is 38.6 Å². The summed E-state index contributed by atoms with van der Waals surface area (Å²) < 4.78 is 0. The molecule has 1 aromatic rings. The SMILES string of the molecule is Cc1ccc(NC(=O)C2CCC(N)CC2)cc1C(=O)O. The lowest BCUT2D eigenvalue weighted by Crippen LogP contribution is -2.32. The average molecular weight is 276 g/mol. The molecule has 1 aromatic carbocycles. The van der Waals surface area contributed by atoms with Crippen molar-refractivity contribution in [3.05, 3.63) is 29.3 Å². The van der Waals surface area contributed by atoms with E-state index in [9.17, 15) is 9.59 Å². The summed E-state index contributed by atoms with van der Waals surface area (Å²) in [5.41, 5.74) is 7.25. The molecule has 0 saturated heterocycles. The van der Waals surface area contributed by atoms with Crippen molar-refractivity contribution in [3.8, 4) is 0 Å². The Morgan fingerprint density at radius 1 is 1.25 bits per heavy atom. The molecule has 1 amide bonds. The second-order valence-electron chi connectivity index (χ2n) is 5.44. The van der Waals surface area contributed by atoms with Crippen molar-refractivity contribution in [1.82, 2.24) is 0 Å². The molecule has 108 valence electrons. The Hall–Kier alpha value is -1.88. The van der Waals surface area contributed by atoms with Crippen molar-refractivity contribution in [1.29, 1.82) is 0 Å². The van der Waals surface area contributed by atoms with E-state index in [1.807, 2.05) is 0 Å². The van der Waals surface area contributed by atoms with E-state index in [1.165, 1.54) is 6.07 Å². The minimum Gasteiger partial charge on any atom is -0.478 e. The topological polar surface area (TPSA) is 92.4 Å². The summed E-state index contributed by atoms with van der Waals surface area (Å²) in [6.07, 6.45) is 3.33. The molecule has 1 aliphatic carbocycles. The molecular weight excluding hydrogens is 256 g/mol. The van der Waals surface area contributed by atoms with E-state index >= 15 is 0 Å². The Labute approximate surface area is 118 Å². The predicted octanol–water partition coefficient (Wildman–Crippen LogP) is 2.15. The molecule has 0 aliphatic heterocycles. The standard InChI is InChI=1S/C15H20N2O3/c1-9-2-7-12(8-13(9)15(19)20)17-14(18)10-3-5-11(16)6-4-10/h2,7-8,10-11H,3-6,16H2,1H3,(H,17,18)(H,19,20). The van der Waals surface area contributed by atoms with Gasteiger partial charge in [-0.1, -0.05) is 6.07 Å². The second kappa shape index (κ2) is 6.05. The molecule has 5 heteroatoms. The molecule has 4 N–H and O–H groups in total. The molecule has 2 rings (SSSR count). The lowest BCUT2D eigenvalue weighted by molar-refractivity contribution is -0.120. The van der Waals surface area contributed by atoms with Gasteiger partial charge in [-0.25, -0.2) is 4.79 Å². The zero-order valence-electron chi connectivity index (χ0n) is 11.6. The van der Waals surface area contributed by atoms with Gasteiger partial charge in [-0.2, -0.15) is 0 Å². The first-order chi connectivity index (χ1) is 9.47. The van der Waals surface area contributed by atoms with Crippen LogP contribution in [-0.2, 0) is 4.79 Å². The molecule has 0 bridgehead atoms. The predicted molar refractivity (Wildman–Crippen MR) is 76.7 cm³/mol. The summed E-state index contributed by atoms with van der Waals surface area (Å²) in [5.74, 6) is -1.05. The minimum atomic E-state index is -0.984. The Morgan fingerprint density at radius 3 is 2.50 bits per heavy atom. The van der Waals surface area contributed by atoms with Crippen molar-refractivity contribution in [3.63, 3.8) is 0 Å². The number of nitrogens with two attached hydrogens (primary N) is 1. The Kier molecular flexibility index (Phi) is 4.39. The second-order valence-corrected chi connectivity index (χ2v) is 5.44. The highest BCUT2D eigenvalue weighted by Gasteiger charge is 2.24. The van der Waals surface area contributed by atoms with Crippen LogP contribution in [0.2, 0.25) is 0 Å². The molecule has 0 unspecified atom stereocenters. The lowest BCUT2D eigenvalue weighted by atomic mass is 9.86. The smallest absolute Gasteiger partial charge is 0.336 e. The fourth-order valence-electron chi connectivity index (χ4n) is 2.56. The summed E-state index contributed by atoms with van der Waals surface area (Å²) in [6, 6.07) is 5.14. The fraction of sp³-hybridized carbons (Fsp3) is 0.467. The number of rotatable bonds is 3. The number of carbonyl (C=O) groups excluding carboxylic acids is 1. The number of hydrogen-bond donors (Lipinski definition) is 3. The third kappa shape index (κ3) is 3.36. The van der Waals surface area contributed by atoms with E-state index in [4.69, 9.17) is 10.8 Å². The molecule has 0 aromatic heterocycles. The summed E-state index contributed by atoms with van der Waals surface area (Å²) in [6.45, 7) is 1.73. The number of anilines is 1. The number of carboxylic acid groups (broad SMARTS) is 1. The van der Waals surface area contributed by atoms with E-state index in [1.54, 1.807) is 19.1 Å². The Balaban J connectivity index is 2.04. The number of amides is 1. The first-order valence-corrected chi connectivity index (χ1v) is 6.87. The largest absolute Gasteiger partial charge is 0.478 e. The highest BCUT2D eigenvalue weighted by atomic mass is 16.4. The van der Waals surface area contributed by atoms with Gasteiger partial charge in [0, 0.05) is 17.6 Å². The first kappa shape index (κ1) is 14.5. The number of carbonyl (C=O) groups is 2. The molecule has 0 spiro atoms. The van der Waals surface area contributed by atoms with Crippen LogP contribution in [0.25, 0.3) is 0 Å². The normalized spacial score (nSPS) is 22.3. The van der Waals surface area contributed by atoms with Crippen LogP contribution in [-0.4, -0.2) is 23.0 Å². The van der Waals surface area contributed by atoms with Gasteiger partial charge in [0.2, 0.25) is 5.91 Å². The minimum absolute atomic E-state index is 0.0237. The summed E-state index contributed by atoms with van der Waals surface area (Å²) in [5, 5.41) is 11.9. The van der Waals surface area contributed by atoms with Crippen LogP contribution < -0.4 is 11.1 Å². The van der Waals surface area contributed by atoms with E-state index < -0.39 is 5.97 Å². The lowest BCUT2D eigenvalue weighted by Gasteiger charge is -2.25. The van der Waals surface area contributed by atoms with Crippen molar-refractivity contribution >= 4 is 17.6 Å². The molecule has 1 saturated carbocycles. The summed E-state index contributed by atoms with van der Waals surface area (Å²) >= 11 is 0. The Bertz CT molecular complexity index is 520. The van der Waals surface area contributed by atoms with Crippen LogP contribution in [0.4, 0.5) is 5.69 Å². The number of hydrogen-bond acceptors (Lipinski definition) is 3. The maximum atomic E-state index is 12.1. The number of benzene rings is 1. The third-order valence-electron chi connectivity index (χ3n) is 3.88. The highest BCUT2D eigenvalue weighted by Crippen LogP contribution is 2.25. The van der Waals surface area contributed by atoms with Gasteiger partial charge >= 0.3 is 5.97 Å². The monoisotopic (exact) mass is 276 g/mol. The average Bonchev–Trinajstić information content (AvgIpc) is 2.41. The number of aryl methyl sites for hydroxylation is 1. The van der Waals surface area contributed by atoms with Crippen LogP contribution in [0.3, 0.4) is 0 Å². The van der Waals surface area contributed by atoms with Gasteiger partial charge in [-0.05, 0) is 50.3 Å². The zero-order valence-corrected chi connectivity index (χ0v) is 11.6. The van der Waals surface area contributed by atoms with Gasteiger partial charge in [0.25, 0.3) is 0 Å². The fourth-order valence-corrected chi connectivity index (χ4v) is 2.56. The van der Waals surface area contributed by atoms with Crippen LogP contribution in [0.5, 0.6) is 0 Å². The van der Waals surface area contributed by atoms with Gasteiger partial charge in [0.15, 0.2) is 0 Å². The van der Waals surface area contributed by atoms with Crippen LogP contribution in [0.15, 0.2) is 18.2 Å². The molecule has 1 fully saturated rings. The zero-order chi connectivity index (χ0) is 14.7. The van der Waals surface area contributed by atoms with Gasteiger partial charge in [-0.3, -0.25) is 4.79 Å². The maximum Gasteiger partial charge on any atom is 0.336 e. The molecule has 0 atom stereocenters. The van der Waals surface area contributed by atoms with E-state index in [0.29, 0.717) is 11.3 Å². The summed E-state index contributed by atoms with van der Waals surface area (Å²) in [7, 11) is 0. The Morgan fingerprint density at radius 2 is 1.90 bits per heavy atom. The molecule has 0 heterocycles. The molecular formula is C15H20N2O3. The van der Waals surface area contributed by atoms with Crippen molar-refractivity contribution in [2.24, 2.45) is 11.7 Å². The van der Waals surface area contributed by atoms with E-state index in [2.05, 4.69) is 5.32 Å². The molecule has 20 heavy (non-hydrogen) atoms. The van der Waals surface area contributed by atoms with E-state index in [0.717, 1.165) is 25.7 Å². The molecule has 0 radical (unpaired) electrons. The van der Waals surface area contributed by atoms with E-state index in [-0.39, 0.29) is 23.4 Å². The molecule has 1 aliphatic rings. The van der Waals surface area contributed by atoms with Crippen molar-refractivity contribution < 1.29 is 14.7 Å². The first-order valence-electron chi connectivity index (χ1n) is 6.87. The highest BCUT2D eigenvalue weighted by molar-refractivity contribution is 5.95. The van der Waals surface area contributed by atoms with Gasteiger partial charge in [-0.15, -0.1) is 0 Å². The third-order valence-corrected chi connectivity index (χ3v) is 3.88. The number of nitrogens with one attached hydrogen (secondary N) is 1. The molecule has 5 nitrogen and oxygen atoms in total. The van der Waals surface area contributed by atoms with Crippen LogP contribution >= 0.6 is 0 Å². The number of carboxylic acids is 1. The summed E-state index contributed by atoms with van der Waals surface area (Å²) in [4.78, 5) is 23.2. The quantitative estimate of drug-likeness (QED) is 0.788. The van der Waals surface area contributed by atoms with Gasteiger partial charge < -0.3 is 16.2 Å².